The number of ketones is 1. The maximum absolute atomic E-state index is 12.8. The molecule has 3 rings (SSSR count). The second-order valence-electron chi connectivity index (χ2n) is 6.80. The fourth-order valence-electron chi connectivity index (χ4n) is 3.22. The van der Waals surface area contributed by atoms with Crippen molar-refractivity contribution in [2.75, 3.05) is 34.3 Å². The lowest BCUT2D eigenvalue weighted by Crippen LogP contribution is -2.35. The normalized spacial score (nSPS) is 18.7. The van der Waals surface area contributed by atoms with Crippen LogP contribution >= 0.6 is 0 Å². The molecule has 0 saturated carbocycles. The first-order valence-electron chi connectivity index (χ1n) is 8.91. The second-order valence-corrected chi connectivity index (χ2v) is 6.80. The molecule has 28 heavy (non-hydrogen) atoms. The summed E-state index contributed by atoms with van der Waals surface area (Å²) in [6.07, 6.45) is 3.21. The highest BCUT2D eigenvalue weighted by Crippen LogP contribution is 2.39. The molecular formula is C21H23N3O4. The molecule has 0 radical (unpaired) electrons. The standard InChI is InChI=1S/C21H23N3O4/c1-23(2)12-13-24-18(14-8-10-22-11-9-14)17(20(26)21(24)27)19(25)15-4-6-16(28-3)7-5-15/h4-11,18,25H,12-13H2,1-3H3/b19-17-. The van der Waals surface area contributed by atoms with E-state index in [1.807, 2.05) is 19.0 Å². The lowest BCUT2D eigenvalue weighted by atomic mass is 9.96. The van der Waals surface area contributed by atoms with Crippen molar-refractivity contribution in [1.29, 1.82) is 0 Å². The zero-order chi connectivity index (χ0) is 20.3. The van der Waals surface area contributed by atoms with Crippen molar-refractivity contribution in [3.05, 3.63) is 65.5 Å². The number of likely N-dealkylation sites (tertiary alicyclic amines) is 1. The summed E-state index contributed by atoms with van der Waals surface area (Å²) in [5.74, 6) is -0.864. The average molecular weight is 381 g/mol. The van der Waals surface area contributed by atoms with Crippen molar-refractivity contribution in [1.82, 2.24) is 14.8 Å². The minimum absolute atomic E-state index is 0.0834. The van der Waals surface area contributed by atoms with Gasteiger partial charge in [0, 0.05) is 31.0 Å². The Hall–Kier alpha value is -3.19. The summed E-state index contributed by atoms with van der Waals surface area (Å²) < 4.78 is 5.14. The van der Waals surface area contributed by atoms with Crippen LogP contribution < -0.4 is 4.74 Å². The summed E-state index contributed by atoms with van der Waals surface area (Å²) in [4.78, 5) is 33.0. The van der Waals surface area contributed by atoms with Crippen molar-refractivity contribution in [3.63, 3.8) is 0 Å². The van der Waals surface area contributed by atoms with Gasteiger partial charge < -0.3 is 19.6 Å². The van der Waals surface area contributed by atoms with Crippen molar-refractivity contribution in [2.45, 2.75) is 6.04 Å². The molecule has 7 nitrogen and oxygen atoms in total. The minimum Gasteiger partial charge on any atom is -0.507 e. The lowest BCUT2D eigenvalue weighted by Gasteiger charge is -2.26. The molecule has 1 saturated heterocycles. The number of aliphatic hydroxyl groups excluding tert-OH is 1. The van der Waals surface area contributed by atoms with Gasteiger partial charge in [0.15, 0.2) is 0 Å². The number of benzene rings is 1. The molecule has 1 aromatic carbocycles. The van der Waals surface area contributed by atoms with Crippen LogP contribution in [-0.4, -0.2) is 65.9 Å². The van der Waals surface area contributed by atoms with Crippen LogP contribution in [-0.2, 0) is 9.59 Å². The van der Waals surface area contributed by atoms with E-state index in [0.717, 1.165) is 5.56 Å². The number of carbonyl (C=O) groups excluding carboxylic acids is 2. The highest BCUT2D eigenvalue weighted by Gasteiger charge is 2.45. The molecule has 146 valence electrons. The molecule has 1 aromatic heterocycles. The van der Waals surface area contributed by atoms with Crippen molar-refractivity contribution < 1.29 is 19.4 Å². The van der Waals surface area contributed by atoms with Crippen LogP contribution in [0.25, 0.3) is 5.76 Å². The van der Waals surface area contributed by atoms with Gasteiger partial charge in [-0.2, -0.15) is 0 Å². The molecule has 1 amide bonds. The maximum atomic E-state index is 12.8. The zero-order valence-electron chi connectivity index (χ0n) is 16.1. The van der Waals surface area contributed by atoms with Gasteiger partial charge in [0.1, 0.15) is 11.5 Å². The van der Waals surface area contributed by atoms with E-state index in [4.69, 9.17) is 4.74 Å². The Morgan fingerprint density at radius 3 is 2.36 bits per heavy atom. The Morgan fingerprint density at radius 1 is 1.14 bits per heavy atom. The lowest BCUT2D eigenvalue weighted by molar-refractivity contribution is -0.140. The molecule has 1 aliphatic heterocycles. The van der Waals surface area contributed by atoms with Crippen LogP contribution in [0, 0.1) is 0 Å². The van der Waals surface area contributed by atoms with Gasteiger partial charge in [0.25, 0.3) is 11.7 Å². The van der Waals surface area contributed by atoms with Gasteiger partial charge >= 0.3 is 0 Å². The van der Waals surface area contributed by atoms with Crippen LogP contribution in [0.3, 0.4) is 0 Å². The first kappa shape index (κ1) is 19.6. The quantitative estimate of drug-likeness (QED) is 0.469. The Morgan fingerprint density at radius 2 is 1.79 bits per heavy atom. The smallest absolute Gasteiger partial charge is 0.295 e. The van der Waals surface area contributed by atoms with E-state index in [0.29, 0.717) is 24.4 Å². The fraction of sp³-hybridized carbons (Fsp3) is 0.286. The summed E-state index contributed by atoms with van der Waals surface area (Å²) in [5.41, 5.74) is 1.26. The zero-order valence-corrected chi connectivity index (χ0v) is 16.1. The second kappa shape index (κ2) is 8.22. The number of aromatic nitrogens is 1. The van der Waals surface area contributed by atoms with Crippen LogP contribution in [0.15, 0.2) is 54.4 Å². The summed E-state index contributed by atoms with van der Waals surface area (Å²) in [6, 6.07) is 9.54. The summed E-state index contributed by atoms with van der Waals surface area (Å²) in [6.45, 7) is 0.959. The maximum Gasteiger partial charge on any atom is 0.295 e. The highest BCUT2D eigenvalue weighted by atomic mass is 16.5. The van der Waals surface area contributed by atoms with E-state index in [2.05, 4.69) is 4.98 Å². The number of amides is 1. The van der Waals surface area contributed by atoms with E-state index in [1.165, 1.54) is 4.90 Å². The highest BCUT2D eigenvalue weighted by molar-refractivity contribution is 6.46. The Kier molecular flexibility index (Phi) is 5.75. The molecule has 0 bridgehead atoms. The van der Waals surface area contributed by atoms with Crippen molar-refractivity contribution in [3.8, 4) is 5.75 Å². The van der Waals surface area contributed by atoms with Crippen LogP contribution in [0.5, 0.6) is 5.75 Å². The van der Waals surface area contributed by atoms with Crippen LogP contribution in [0.2, 0.25) is 0 Å². The number of aliphatic hydroxyl groups is 1. The van der Waals surface area contributed by atoms with Crippen molar-refractivity contribution >= 4 is 17.4 Å². The topological polar surface area (TPSA) is 83.0 Å². The number of carbonyl (C=O) groups is 2. The minimum atomic E-state index is -0.686. The van der Waals surface area contributed by atoms with Crippen LogP contribution in [0.4, 0.5) is 0 Å². The van der Waals surface area contributed by atoms with Crippen molar-refractivity contribution in [2.24, 2.45) is 0 Å². The third-order valence-electron chi connectivity index (χ3n) is 4.71. The van der Waals surface area contributed by atoms with Gasteiger partial charge in [-0.15, -0.1) is 0 Å². The molecule has 1 aliphatic rings. The van der Waals surface area contributed by atoms with E-state index < -0.39 is 17.7 Å². The van der Waals surface area contributed by atoms with Crippen LogP contribution in [0.1, 0.15) is 17.2 Å². The Balaban J connectivity index is 2.10. The van der Waals surface area contributed by atoms with Gasteiger partial charge in [-0.1, -0.05) is 0 Å². The fourth-order valence-corrected chi connectivity index (χ4v) is 3.22. The number of Topliss-reactive ketones (excluding diaryl/α,β-unsaturated/α-hetero) is 1. The van der Waals surface area contributed by atoms with E-state index in [-0.39, 0.29) is 11.3 Å². The summed E-state index contributed by atoms with van der Waals surface area (Å²) in [7, 11) is 5.35. The predicted octanol–water partition coefficient (Wildman–Crippen LogP) is 2.07. The molecule has 7 heteroatoms. The third kappa shape index (κ3) is 3.75. The molecule has 0 spiro atoms. The van der Waals surface area contributed by atoms with Gasteiger partial charge in [-0.3, -0.25) is 14.6 Å². The molecular weight excluding hydrogens is 358 g/mol. The Bertz CT molecular complexity index is 892. The number of rotatable bonds is 6. The first-order chi connectivity index (χ1) is 13.4. The van der Waals surface area contributed by atoms with E-state index in [9.17, 15) is 14.7 Å². The molecule has 1 fully saturated rings. The first-order valence-corrected chi connectivity index (χ1v) is 8.91. The molecule has 1 atom stereocenters. The number of hydrogen-bond acceptors (Lipinski definition) is 6. The Labute approximate surface area is 163 Å². The molecule has 2 aromatic rings. The largest absolute Gasteiger partial charge is 0.507 e. The van der Waals surface area contributed by atoms with E-state index in [1.54, 1.807) is 55.9 Å². The number of ether oxygens (including phenoxy) is 1. The van der Waals surface area contributed by atoms with Gasteiger partial charge in [-0.05, 0) is 56.1 Å². The van der Waals surface area contributed by atoms with Gasteiger partial charge in [0.05, 0.1) is 18.7 Å². The third-order valence-corrected chi connectivity index (χ3v) is 4.71. The number of pyridine rings is 1. The predicted molar refractivity (Wildman–Crippen MR) is 105 cm³/mol. The number of hydrogen-bond donors (Lipinski definition) is 1. The molecule has 1 N–H and O–H groups in total. The average Bonchev–Trinajstić information content (AvgIpc) is 2.97. The number of nitrogens with zero attached hydrogens (tertiary/aromatic N) is 3. The summed E-state index contributed by atoms with van der Waals surface area (Å²) in [5, 5.41) is 10.9. The number of likely N-dealkylation sites (N-methyl/N-ethyl adjacent to an activating group) is 1. The van der Waals surface area contributed by atoms with Gasteiger partial charge in [-0.25, -0.2) is 0 Å². The monoisotopic (exact) mass is 381 g/mol. The molecule has 0 aliphatic carbocycles. The number of methoxy groups -OCH3 is 1. The van der Waals surface area contributed by atoms with E-state index >= 15 is 0 Å². The van der Waals surface area contributed by atoms with Gasteiger partial charge in [0.2, 0.25) is 0 Å². The molecule has 1 unspecified atom stereocenters. The SMILES string of the molecule is COc1ccc(/C(O)=C2/C(=O)C(=O)N(CCN(C)C)C2c2ccncc2)cc1. The summed E-state index contributed by atoms with van der Waals surface area (Å²) >= 11 is 0. The molecule has 2 heterocycles.